The number of aromatic hydroxyl groups is 1. The van der Waals surface area contributed by atoms with Crippen molar-refractivity contribution in [2.45, 2.75) is 25.2 Å². The van der Waals surface area contributed by atoms with Gasteiger partial charge in [-0.3, -0.25) is 14.6 Å². The quantitative estimate of drug-likeness (QED) is 0.613. The molecule has 0 bridgehead atoms. The van der Waals surface area contributed by atoms with Crippen molar-refractivity contribution in [3.05, 3.63) is 77.5 Å². The van der Waals surface area contributed by atoms with E-state index >= 15 is 0 Å². The van der Waals surface area contributed by atoms with Gasteiger partial charge in [0.05, 0.1) is 30.4 Å². The van der Waals surface area contributed by atoms with E-state index in [1.165, 1.54) is 30.6 Å². The van der Waals surface area contributed by atoms with Gasteiger partial charge in [0, 0.05) is 25.7 Å². The fraction of sp³-hybridized carbons (Fsp3) is 0.304. The molecule has 0 aliphatic carbocycles. The maximum Gasteiger partial charge on any atom is 0.253 e. The van der Waals surface area contributed by atoms with E-state index in [0.29, 0.717) is 31.2 Å². The van der Waals surface area contributed by atoms with E-state index in [-0.39, 0.29) is 35.5 Å². The zero-order valence-corrected chi connectivity index (χ0v) is 17.3. The van der Waals surface area contributed by atoms with Crippen molar-refractivity contribution in [2.24, 2.45) is 0 Å². The molecule has 1 atom stereocenters. The molecule has 0 radical (unpaired) electrons. The van der Waals surface area contributed by atoms with Crippen LogP contribution in [-0.4, -0.2) is 51.4 Å². The number of benzene rings is 1. The molecule has 0 saturated carbocycles. The van der Waals surface area contributed by atoms with Crippen molar-refractivity contribution in [2.75, 3.05) is 19.6 Å². The van der Waals surface area contributed by atoms with Gasteiger partial charge >= 0.3 is 0 Å². The molecule has 0 unspecified atom stereocenters. The summed E-state index contributed by atoms with van der Waals surface area (Å²) in [6.45, 7) is 0.885. The molecule has 1 fully saturated rings. The largest absolute Gasteiger partial charge is 0.506 e. The highest BCUT2D eigenvalue weighted by Gasteiger charge is 2.28. The fourth-order valence-electron chi connectivity index (χ4n) is 3.77. The smallest absolute Gasteiger partial charge is 0.253 e. The maximum absolute atomic E-state index is 13.4. The zero-order valence-electron chi connectivity index (χ0n) is 17.3. The van der Waals surface area contributed by atoms with Crippen LogP contribution in [0.15, 0.2) is 53.3 Å². The molecule has 32 heavy (non-hydrogen) atoms. The van der Waals surface area contributed by atoms with E-state index in [1.807, 2.05) is 6.07 Å². The van der Waals surface area contributed by atoms with Crippen molar-refractivity contribution in [3.8, 4) is 5.75 Å². The first-order valence-corrected chi connectivity index (χ1v) is 10.4. The molecule has 1 saturated heterocycles. The number of nitrogens with zero attached hydrogens (tertiary/aromatic N) is 3. The Morgan fingerprint density at radius 3 is 2.94 bits per heavy atom. The molecule has 9 heteroatoms. The molecular formula is C23H23FN4O4. The first-order valence-electron chi connectivity index (χ1n) is 10.4. The van der Waals surface area contributed by atoms with Crippen LogP contribution in [0.5, 0.6) is 5.75 Å². The number of carbonyl (C=O) groups excluding carboxylic acids is 2. The number of amides is 2. The van der Waals surface area contributed by atoms with Gasteiger partial charge in [0.1, 0.15) is 17.3 Å². The minimum atomic E-state index is -0.481. The molecule has 1 aliphatic heterocycles. The molecule has 2 N–H and O–H groups in total. The topological polar surface area (TPSA) is 109 Å². The molecule has 1 aliphatic rings. The number of carbonyl (C=O) groups is 2. The Labute approximate surface area is 184 Å². The highest BCUT2D eigenvalue weighted by atomic mass is 19.1. The summed E-state index contributed by atoms with van der Waals surface area (Å²) in [5.74, 6) is 0.0547. The zero-order chi connectivity index (χ0) is 22.5. The summed E-state index contributed by atoms with van der Waals surface area (Å²) >= 11 is 0. The number of hydrogen-bond donors (Lipinski definition) is 2. The first-order chi connectivity index (χ1) is 15.5. The standard InChI is InChI=1S/C23H23FN4O4/c24-18-5-1-3-15(7-18)8-20-12-27-23(32-20)16-4-2-6-28(14-16)21(30)13-26-22(31)17-9-19(29)11-25-10-17/h1,3,5,7,9-12,16,29H,2,4,6,8,13-14H2,(H,26,31)/t16-/m0/s1. The number of halogens is 1. The van der Waals surface area contributed by atoms with E-state index in [9.17, 15) is 19.1 Å². The summed E-state index contributed by atoms with van der Waals surface area (Å²) in [5.41, 5.74) is 0.978. The lowest BCUT2D eigenvalue weighted by Crippen LogP contribution is -2.44. The monoisotopic (exact) mass is 438 g/mol. The third kappa shape index (κ3) is 5.29. The van der Waals surface area contributed by atoms with Crippen molar-refractivity contribution in [1.82, 2.24) is 20.2 Å². The first kappa shape index (κ1) is 21.5. The molecule has 1 aromatic carbocycles. The number of rotatable bonds is 6. The number of hydrogen-bond acceptors (Lipinski definition) is 6. The van der Waals surface area contributed by atoms with Crippen LogP contribution < -0.4 is 5.32 Å². The fourth-order valence-corrected chi connectivity index (χ4v) is 3.77. The molecular weight excluding hydrogens is 415 g/mol. The van der Waals surface area contributed by atoms with E-state index in [1.54, 1.807) is 17.2 Å². The third-order valence-corrected chi connectivity index (χ3v) is 5.35. The Morgan fingerprint density at radius 2 is 2.12 bits per heavy atom. The molecule has 0 spiro atoms. The van der Waals surface area contributed by atoms with Gasteiger partial charge in [-0.1, -0.05) is 12.1 Å². The number of pyridine rings is 1. The van der Waals surface area contributed by atoms with Crippen LogP contribution in [0.1, 0.15) is 46.3 Å². The molecule has 2 amide bonds. The van der Waals surface area contributed by atoms with Gasteiger partial charge in [0.15, 0.2) is 5.89 Å². The predicted octanol–water partition coefficient (Wildman–Crippen LogP) is 2.64. The second-order valence-corrected chi connectivity index (χ2v) is 7.76. The summed E-state index contributed by atoms with van der Waals surface area (Å²) in [6.07, 6.45) is 6.26. The number of aromatic nitrogens is 2. The summed E-state index contributed by atoms with van der Waals surface area (Å²) < 4.78 is 19.3. The molecule has 2 aromatic heterocycles. The van der Waals surface area contributed by atoms with Gasteiger partial charge in [0.25, 0.3) is 5.91 Å². The second-order valence-electron chi connectivity index (χ2n) is 7.76. The molecule has 8 nitrogen and oxygen atoms in total. The summed E-state index contributed by atoms with van der Waals surface area (Å²) in [6, 6.07) is 7.62. The van der Waals surface area contributed by atoms with Crippen LogP contribution in [0.25, 0.3) is 0 Å². The van der Waals surface area contributed by atoms with E-state index in [2.05, 4.69) is 15.3 Å². The second kappa shape index (κ2) is 9.59. The average molecular weight is 438 g/mol. The van der Waals surface area contributed by atoms with Gasteiger partial charge in [-0.2, -0.15) is 0 Å². The van der Waals surface area contributed by atoms with Crippen molar-refractivity contribution in [3.63, 3.8) is 0 Å². The number of piperidine rings is 1. The lowest BCUT2D eigenvalue weighted by molar-refractivity contribution is -0.131. The van der Waals surface area contributed by atoms with Gasteiger partial charge in [-0.15, -0.1) is 0 Å². The molecule has 166 valence electrons. The lowest BCUT2D eigenvalue weighted by Gasteiger charge is -2.31. The van der Waals surface area contributed by atoms with E-state index in [0.717, 1.165) is 18.4 Å². The Kier molecular flexibility index (Phi) is 6.44. The van der Waals surface area contributed by atoms with Crippen LogP contribution in [0.4, 0.5) is 4.39 Å². The third-order valence-electron chi connectivity index (χ3n) is 5.35. The highest BCUT2D eigenvalue weighted by Crippen LogP contribution is 2.27. The summed E-state index contributed by atoms with van der Waals surface area (Å²) in [5, 5.41) is 12.0. The summed E-state index contributed by atoms with van der Waals surface area (Å²) in [7, 11) is 0. The van der Waals surface area contributed by atoms with Crippen molar-refractivity contribution < 1.29 is 23.5 Å². The SMILES string of the molecule is O=C(NCC(=O)N1CCC[C@H](c2ncc(Cc3cccc(F)c3)o2)C1)c1cncc(O)c1. The summed E-state index contributed by atoms with van der Waals surface area (Å²) in [4.78, 5) is 34.6. The minimum absolute atomic E-state index is 0.0417. The Morgan fingerprint density at radius 1 is 1.25 bits per heavy atom. The predicted molar refractivity (Wildman–Crippen MR) is 112 cm³/mol. The van der Waals surface area contributed by atoms with Crippen LogP contribution >= 0.6 is 0 Å². The van der Waals surface area contributed by atoms with Gasteiger partial charge in [-0.05, 0) is 36.6 Å². The van der Waals surface area contributed by atoms with Gasteiger partial charge in [0.2, 0.25) is 5.91 Å². The van der Waals surface area contributed by atoms with Crippen LogP contribution in [0, 0.1) is 5.82 Å². The number of likely N-dealkylation sites (tertiary alicyclic amines) is 1. The average Bonchev–Trinajstić information content (AvgIpc) is 3.26. The van der Waals surface area contributed by atoms with Crippen molar-refractivity contribution in [1.29, 1.82) is 0 Å². The normalized spacial score (nSPS) is 16.0. The number of oxazole rings is 1. The van der Waals surface area contributed by atoms with Gasteiger partial charge in [-0.25, -0.2) is 9.37 Å². The highest BCUT2D eigenvalue weighted by molar-refractivity contribution is 5.96. The lowest BCUT2D eigenvalue weighted by atomic mass is 9.98. The van der Waals surface area contributed by atoms with Crippen molar-refractivity contribution >= 4 is 11.8 Å². The molecule has 4 rings (SSSR count). The minimum Gasteiger partial charge on any atom is -0.506 e. The Bertz CT molecular complexity index is 1120. The van der Waals surface area contributed by atoms with E-state index in [4.69, 9.17) is 4.42 Å². The van der Waals surface area contributed by atoms with Gasteiger partial charge < -0.3 is 19.7 Å². The maximum atomic E-state index is 13.4. The van der Waals surface area contributed by atoms with Crippen LogP contribution in [0.2, 0.25) is 0 Å². The van der Waals surface area contributed by atoms with Crippen LogP contribution in [0.3, 0.4) is 0 Å². The molecule has 3 aromatic rings. The molecule has 3 heterocycles. The van der Waals surface area contributed by atoms with Crippen LogP contribution in [-0.2, 0) is 11.2 Å². The number of nitrogens with one attached hydrogen (secondary N) is 1. The Hall–Kier alpha value is -3.75. The van der Waals surface area contributed by atoms with E-state index < -0.39 is 5.91 Å². The Balaban J connectivity index is 1.32.